The first-order chi connectivity index (χ1) is 19.7. The zero-order chi connectivity index (χ0) is 30.7. The number of aromatic nitrogens is 2. The molecule has 4 aromatic rings. The number of carboxylic acids is 1. The van der Waals surface area contributed by atoms with Gasteiger partial charge in [0.15, 0.2) is 0 Å². The topological polar surface area (TPSA) is 112 Å². The van der Waals surface area contributed by atoms with Gasteiger partial charge in [0.25, 0.3) is 0 Å². The number of nitrogens with two attached hydrogens (primary N) is 1. The first-order valence-electron chi connectivity index (χ1n) is 12.8. The van der Waals surface area contributed by atoms with Gasteiger partial charge in [0.1, 0.15) is 5.82 Å². The van der Waals surface area contributed by atoms with Crippen LogP contribution in [0, 0.1) is 5.92 Å². The summed E-state index contributed by atoms with van der Waals surface area (Å²) in [5.74, 6) is -2.45. The van der Waals surface area contributed by atoms with Gasteiger partial charge in [0, 0.05) is 18.0 Å². The summed E-state index contributed by atoms with van der Waals surface area (Å²) in [5, 5.41) is 7.12. The number of hydrogen-bond donors (Lipinski definition) is 3. The van der Waals surface area contributed by atoms with Crippen molar-refractivity contribution >= 4 is 22.9 Å². The van der Waals surface area contributed by atoms with Crippen LogP contribution < -0.4 is 5.73 Å². The van der Waals surface area contributed by atoms with Gasteiger partial charge in [0.05, 0.1) is 16.6 Å². The van der Waals surface area contributed by atoms with Crippen molar-refractivity contribution in [3.05, 3.63) is 77.9 Å². The normalized spacial score (nSPS) is 14.8. The number of piperidine rings is 1. The fourth-order valence-corrected chi connectivity index (χ4v) is 4.63. The number of carbonyl (C=O) groups excluding carboxylic acids is 1. The maximum absolute atomic E-state index is 13.0. The Morgan fingerprint density at radius 1 is 0.905 bits per heavy atom. The Hall–Kier alpha value is -4.39. The molecule has 1 amide bonds. The minimum Gasteiger partial charge on any atom is -0.475 e. The molecule has 1 aliphatic rings. The maximum Gasteiger partial charge on any atom is 0.490 e. The SMILES string of the molecule is NC(=O)C1CCN(Cc2cccc(-c3ccc(-c4nc5ccc(C(F)(F)F)cc5[nH]4)cc3)c2)CC1.O=C(O)C(F)(F)F. The Morgan fingerprint density at radius 3 is 2.10 bits per heavy atom. The largest absolute Gasteiger partial charge is 0.490 e. The number of rotatable bonds is 5. The van der Waals surface area contributed by atoms with Crippen LogP contribution in [0.4, 0.5) is 26.3 Å². The molecule has 1 aromatic heterocycles. The lowest BCUT2D eigenvalue weighted by molar-refractivity contribution is -0.192. The zero-order valence-electron chi connectivity index (χ0n) is 22.0. The smallest absolute Gasteiger partial charge is 0.475 e. The average Bonchev–Trinajstić information content (AvgIpc) is 3.37. The van der Waals surface area contributed by atoms with Gasteiger partial charge in [-0.3, -0.25) is 9.69 Å². The number of halogens is 6. The fourth-order valence-electron chi connectivity index (χ4n) is 4.63. The number of carboxylic acid groups (broad SMARTS) is 1. The van der Waals surface area contributed by atoms with Gasteiger partial charge >= 0.3 is 18.3 Å². The molecule has 0 spiro atoms. The van der Waals surface area contributed by atoms with E-state index >= 15 is 0 Å². The first kappa shape index (κ1) is 30.6. The van der Waals surface area contributed by atoms with E-state index in [2.05, 4.69) is 33.1 Å². The number of benzene rings is 3. The molecule has 0 bridgehead atoms. The van der Waals surface area contributed by atoms with Crippen LogP contribution in [0.25, 0.3) is 33.5 Å². The Labute approximate surface area is 236 Å². The van der Waals surface area contributed by atoms with Crippen molar-refractivity contribution in [2.24, 2.45) is 11.7 Å². The zero-order valence-corrected chi connectivity index (χ0v) is 22.0. The number of hydrogen-bond acceptors (Lipinski definition) is 4. The van der Waals surface area contributed by atoms with E-state index in [4.69, 9.17) is 15.6 Å². The number of likely N-dealkylation sites (tertiary alicyclic amines) is 1. The molecule has 1 saturated heterocycles. The quantitative estimate of drug-likeness (QED) is 0.237. The monoisotopic (exact) mass is 592 g/mol. The van der Waals surface area contributed by atoms with Gasteiger partial charge in [-0.15, -0.1) is 0 Å². The van der Waals surface area contributed by atoms with Crippen molar-refractivity contribution in [1.29, 1.82) is 0 Å². The number of aliphatic carboxylic acids is 1. The molecule has 0 saturated carbocycles. The van der Waals surface area contributed by atoms with Crippen LogP contribution in [0.2, 0.25) is 0 Å². The number of H-pyrrole nitrogens is 1. The van der Waals surface area contributed by atoms with Gasteiger partial charge in [-0.2, -0.15) is 26.3 Å². The second kappa shape index (κ2) is 12.2. The van der Waals surface area contributed by atoms with Gasteiger partial charge in [0.2, 0.25) is 5.91 Å². The summed E-state index contributed by atoms with van der Waals surface area (Å²) in [6, 6.07) is 19.7. The Bertz CT molecular complexity index is 1560. The minimum atomic E-state index is -5.08. The average molecular weight is 593 g/mol. The number of aromatic amines is 1. The van der Waals surface area contributed by atoms with E-state index in [-0.39, 0.29) is 11.8 Å². The van der Waals surface area contributed by atoms with E-state index in [1.165, 1.54) is 11.6 Å². The summed E-state index contributed by atoms with van der Waals surface area (Å²) in [6.45, 7) is 2.53. The molecule has 1 aliphatic heterocycles. The Balaban J connectivity index is 0.000000517. The van der Waals surface area contributed by atoms with Crippen LogP contribution in [-0.4, -0.2) is 51.1 Å². The summed E-state index contributed by atoms with van der Waals surface area (Å²) in [7, 11) is 0. The predicted octanol–water partition coefficient (Wildman–Crippen LogP) is 6.25. The van der Waals surface area contributed by atoms with E-state index in [0.717, 1.165) is 61.3 Å². The third kappa shape index (κ3) is 7.66. The van der Waals surface area contributed by atoms with Crippen molar-refractivity contribution in [2.75, 3.05) is 13.1 Å². The van der Waals surface area contributed by atoms with Crippen LogP contribution in [0.1, 0.15) is 24.0 Å². The molecule has 0 aliphatic carbocycles. The second-order valence-corrected chi connectivity index (χ2v) is 9.85. The lowest BCUT2D eigenvalue weighted by atomic mass is 9.95. The molecule has 4 N–H and O–H groups in total. The van der Waals surface area contributed by atoms with Crippen LogP contribution >= 0.6 is 0 Å². The summed E-state index contributed by atoms with van der Waals surface area (Å²) in [4.78, 5) is 30.1. The molecular weight excluding hydrogens is 566 g/mol. The molecule has 7 nitrogen and oxygen atoms in total. The molecule has 0 unspecified atom stereocenters. The summed E-state index contributed by atoms with van der Waals surface area (Å²) >= 11 is 0. The summed E-state index contributed by atoms with van der Waals surface area (Å²) in [5.41, 5.74) is 9.69. The van der Waals surface area contributed by atoms with E-state index in [1.54, 1.807) is 0 Å². The van der Waals surface area contributed by atoms with Crippen molar-refractivity contribution in [3.63, 3.8) is 0 Å². The van der Waals surface area contributed by atoms with Crippen molar-refractivity contribution in [2.45, 2.75) is 31.7 Å². The minimum absolute atomic E-state index is 0.0189. The highest BCUT2D eigenvalue weighted by molar-refractivity contribution is 5.81. The standard InChI is InChI=1S/C27H25F3N4O.C2HF3O2/c28-27(29,30)22-8-9-23-24(15-22)33-26(32-23)20-6-4-18(5-7-20)21-3-1-2-17(14-21)16-34-12-10-19(11-13-34)25(31)35;3-2(4,5)1(6)7/h1-9,14-15,19H,10-13,16H2,(H2,31,35)(H,32,33);(H,6,7). The number of nitrogens with one attached hydrogen (secondary N) is 1. The number of imidazole rings is 1. The lowest BCUT2D eigenvalue weighted by Crippen LogP contribution is -2.38. The number of primary amides is 1. The fraction of sp³-hybridized carbons (Fsp3) is 0.276. The van der Waals surface area contributed by atoms with Crippen LogP contribution in [0.3, 0.4) is 0 Å². The molecule has 2 heterocycles. The third-order valence-electron chi connectivity index (χ3n) is 6.87. The number of carbonyl (C=O) groups is 2. The van der Waals surface area contributed by atoms with Crippen molar-refractivity contribution in [1.82, 2.24) is 14.9 Å². The summed E-state index contributed by atoms with van der Waals surface area (Å²) < 4.78 is 70.7. The molecule has 0 radical (unpaired) electrons. The van der Waals surface area contributed by atoms with E-state index < -0.39 is 23.9 Å². The number of alkyl halides is 6. The Morgan fingerprint density at radius 2 is 1.52 bits per heavy atom. The van der Waals surface area contributed by atoms with E-state index in [9.17, 15) is 31.1 Å². The number of amides is 1. The summed E-state index contributed by atoms with van der Waals surface area (Å²) in [6.07, 6.45) is -7.87. The highest BCUT2D eigenvalue weighted by Crippen LogP contribution is 2.32. The van der Waals surface area contributed by atoms with Crippen LogP contribution in [-0.2, 0) is 22.3 Å². The third-order valence-corrected chi connectivity index (χ3v) is 6.87. The molecule has 42 heavy (non-hydrogen) atoms. The number of nitrogens with zero attached hydrogens (tertiary/aromatic N) is 2. The van der Waals surface area contributed by atoms with Crippen LogP contribution in [0.5, 0.6) is 0 Å². The highest BCUT2D eigenvalue weighted by Gasteiger charge is 2.38. The molecule has 222 valence electrons. The van der Waals surface area contributed by atoms with Gasteiger partial charge < -0.3 is 15.8 Å². The Kier molecular flexibility index (Phi) is 8.90. The van der Waals surface area contributed by atoms with Crippen LogP contribution in [0.15, 0.2) is 66.7 Å². The molecule has 5 rings (SSSR count). The van der Waals surface area contributed by atoms with Crippen molar-refractivity contribution in [3.8, 4) is 22.5 Å². The molecular formula is C29H26F6N4O3. The second-order valence-electron chi connectivity index (χ2n) is 9.85. The van der Waals surface area contributed by atoms with E-state index in [0.29, 0.717) is 16.9 Å². The van der Waals surface area contributed by atoms with Gasteiger partial charge in [-0.25, -0.2) is 9.78 Å². The molecule has 0 atom stereocenters. The first-order valence-corrected chi connectivity index (χ1v) is 12.8. The highest BCUT2D eigenvalue weighted by atomic mass is 19.4. The van der Waals surface area contributed by atoms with E-state index in [1.807, 2.05) is 30.3 Å². The van der Waals surface area contributed by atoms with Gasteiger partial charge in [-0.1, -0.05) is 42.5 Å². The number of fused-ring (bicyclic) bond motifs is 1. The van der Waals surface area contributed by atoms with Gasteiger partial charge in [-0.05, 0) is 66.9 Å². The molecule has 1 fully saturated rings. The van der Waals surface area contributed by atoms with Crippen molar-refractivity contribution < 1.29 is 41.0 Å². The maximum atomic E-state index is 13.0. The lowest BCUT2D eigenvalue weighted by Gasteiger charge is -2.30. The predicted molar refractivity (Wildman–Crippen MR) is 143 cm³/mol. The molecule has 3 aromatic carbocycles. The molecule has 13 heteroatoms.